The van der Waals surface area contributed by atoms with Crippen LogP contribution in [0.4, 0.5) is 0 Å². The first kappa shape index (κ1) is 35.4. The number of nitrogens with one attached hydrogen (secondary N) is 3. The van der Waals surface area contributed by atoms with Crippen LogP contribution in [0, 0.1) is 5.92 Å². The second kappa shape index (κ2) is 20.2. The topological polar surface area (TPSA) is 151 Å². The summed E-state index contributed by atoms with van der Waals surface area (Å²) in [6, 6.07) is -1.56. The van der Waals surface area contributed by atoms with Gasteiger partial charge in [-0.1, -0.05) is 34.4 Å². The van der Waals surface area contributed by atoms with E-state index in [0.29, 0.717) is 56.7 Å². The van der Waals surface area contributed by atoms with Crippen LogP contribution < -0.4 is 21.7 Å². The van der Waals surface area contributed by atoms with Gasteiger partial charge in [-0.15, -0.1) is 0 Å². The van der Waals surface area contributed by atoms with Crippen molar-refractivity contribution >= 4 is 70.5 Å². The summed E-state index contributed by atoms with van der Waals surface area (Å²) in [5.74, 6) is -0.595. The lowest BCUT2D eigenvalue weighted by molar-refractivity contribution is -0.144. The Balaban J connectivity index is 1.93. The number of fused-ring (bicyclic) bond motifs is 1. The number of carbonyl (C=O) groups excluding carboxylic acids is 3. The third-order valence-electron chi connectivity index (χ3n) is 7.44. The quantitative estimate of drug-likeness (QED) is 0.0646. The van der Waals surface area contributed by atoms with Crippen LogP contribution in [-0.2, 0) is 19.2 Å². The van der Waals surface area contributed by atoms with Gasteiger partial charge in [0.1, 0.15) is 6.04 Å². The van der Waals surface area contributed by atoms with Gasteiger partial charge in [0.05, 0.1) is 5.92 Å². The van der Waals surface area contributed by atoms with Crippen LogP contribution in [0.5, 0.6) is 0 Å². The maximum Gasteiger partial charge on any atom is 0.308 e. The molecule has 5 unspecified atom stereocenters. The molecule has 1 aliphatic heterocycles. The molecule has 0 aromatic rings. The number of rotatable bonds is 19. The Bertz CT molecular complexity index is 809. The lowest BCUT2D eigenvalue weighted by Crippen LogP contribution is -2.55. The van der Waals surface area contributed by atoms with E-state index in [1.807, 2.05) is 0 Å². The van der Waals surface area contributed by atoms with Crippen molar-refractivity contribution in [3.63, 3.8) is 0 Å². The van der Waals surface area contributed by atoms with Crippen LogP contribution in [-0.4, -0.2) is 75.5 Å². The van der Waals surface area contributed by atoms with E-state index in [2.05, 4.69) is 41.2 Å². The minimum atomic E-state index is -0.929. The van der Waals surface area contributed by atoms with Crippen molar-refractivity contribution in [3.8, 4) is 0 Å². The molecule has 1 heterocycles. The number of hydrogen-bond donors (Lipinski definition) is 7. The first-order chi connectivity index (χ1) is 19.2. The minimum absolute atomic E-state index is 0.0218. The number of aliphatic carboxylic acids is 1. The summed E-state index contributed by atoms with van der Waals surface area (Å²) in [4.78, 5) is 50.3. The molecule has 13 heteroatoms. The zero-order chi connectivity index (χ0) is 29.3. The average molecular weight is 637 g/mol. The number of carboxylic acid groups (broad SMARTS) is 1. The Kier molecular flexibility index (Phi) is 17.9. The molecule has 1 saturated carbocycles. The highest BCUT2D eigenvalue weighted by Crippen LogP contribution is 2.53. The van der Waals surface area contributed by atoms with Crippen molar-refractivity contribution in [3.05, 3.63) is 0 Å². The monoisotopic (exact) mass is 636 g/mol. The highest BCUT2D eigenvalue weighted by atomic mass is 33.1. The molecule has 2 aliphatic rings. The number of carbonyl (C=O) groups is 4. The van der Waals surface area contributed by atoms with Crippen molar-refractivity contribution < 1.29 is 24.3 Å². The molecule has 2 fully saturated rings. The van der Waals surface area contributed by atoms with Crippen molar-refractivity contribution in [2.24, 2.45) is 11.7 Å². The van der Waals surface area contributed by atoms with Crippen LogP contribution in [0.15, 0.2) is 0 Å². The molecule has 40 heavy (non-hydrogen) atoms. The Labute approximate surface area is 258 Å². The summed E-state index contributed by atoms with van der Waals surface area (Å²) in [5, 5.41) is 19.3. The Hall–Kier alpha value is -0.760. The van der Waals surface area contributed by atoms with Gasteiger partial charge < -0.3 is 26.8 Å². The molecule has 2 rings (SSSR count). The predicted molar refractivity (Wildman–Crippen MR) is 171 cm³/mol. The highest BCUT2D eigenvalue weighted by molar-refractivity contribution is 8.80. The van der Waals surface area contributed by atoms with E-state index in [0.717, 1.165) is 56.5 Å². The maximum absolute atomic E-state index is 13.4. The summed E-state index contributed by atoms with van der Waals surface area (Å²) < 4.78 is 0. The second-order valence-electron chi connectivity index (χ2n) is 10.8. The SMILES string of the molecule is NC1CC(NC(=O)[C@H](CCCCNC(=O)CCCCCS)NC(=O)CCCCCS)C(C(=O)O)CC2SSC2C1. The molecule has 9 nitrogen and oxygen atoms in total. The number of carboxylic acids is 1. The summed E-state index contributed by atoms with van der Waals surface area (Å²) in [5.41, 5.74) is 6.36. The van der Waals surface area contributed by atoms with Crippen LogP contribution in [0.2, 0.25) is 0 Å². The fourth-order valence-electron chi connectivity index (χ4n) is 5.08. The molecule has 230 valence electrons. The standard InChI is InChI=1S/C27H48N4O5S4/c28-18-15-21(19(27(35)36)17-23-22(16-18)39-40-23)31-26(34)20(30-25(33)11-4-2-8-14-38)9-5-6-12-29-24(32)10-3-1-7-13-37/h18-23,37-38H,1-17,28H2,(H,29,32)(H,30,33)(H,31,34)(H,35,36)/t18?,19?,20-,21?,22?,23?/m0/s1. The van der Waals surface area contributed by atoms with Crippen molar-refractivity contribution in [1.29, 1.82) is 0 Å². The lowest BCUT2D eigenvalue weighted by atomic mass is 9.84. The molecule has 6 atom stereocenters. The van der Waals surface area contributed by atoms with E-state index in [9.17, 15) is 24.3 Å². The van der Waals surface area contributed by atoms with E-state index >= 15 is 0 Å². The van der Waals surface area contributed by atoms with Gasteiger partial charge in [-0.05, 0) is 75.7 Å². The molecule has 1 saturated heterocycles. The fraction of sp³-hybridized carbons (Fsp3) is 0.852. The smallest absolute Gasteiger partial charge is 0.308 e. The summed E-state index contributed by atoms with van der Waals surface area (Å²) >= 11 is 8.39. The van der Waals surface area contributed by atoms with Gasteiger partial charge in [0, 0.05) is 42.0 Å². The van der Waals surface area contributed by atoms with Gasteiger partial charge in [-0.2, -0.15) is 25.3 Å². The fourth-order valence-corrected chi connectivity index (χ4v) is 8.54. The van der Waals surface area contributed by atoms with Crippen LogP contribution >= 0.6 is 46.8 Å². The van der Waals surface area contributed by atoms with Gasteiger partial charge in [0.2, 0.25) is 17.7 Å². The number of amides is 3. The molecule has 0 bridgehead atoms. The zero-order valence-electron chi connectivity index (χ0n) is 23.4. The van der Waals surface area contributed by atoms with Gasteiger partial charge in [0.25, 0.3) is 0 Å². The van der Waals surface area contributed by atoms with E-state index in [4.69, 9.17) is 5.73 Å². The van der Waals surface area contributed by atoms with E-state index in [1.165, 1.54) is 0 Å². The van der Waals surface area contributed by atoms with Crippen molar-refractivity contribution in [1.82, 2.24) is 16.0 Å². The van der Waals surface area contributed by atoms with E-state index < -0.39 is 24.0 Å². The summed E-state index contributed by atoms with van der Waals surface area (Å²) in [7, 11) is 3.46. The predicted octanol–water partition coefficient (Wildman–Crippen LogP) is 3.57. The molecule has 0 aromatic carbocycles. The average Bonchev–Trinajstić information content (AvgIpc) is 2.90. The van der Waals surface area contributed by atoms with Gasteiger partial charge in [-0.3, -0.25) is 19.2 Å². The molecule has 0 aromatic heterocycles. The summed E-state index contributed by atoms with van der Waals surface area (Å²) in [6.45, 7) is 0.508. The molecule has 6 N–H and O–H groups in total. The van der Waals surface area contributed by atoms with Crippen LogP contribution in [0.1, 0.15) is 89.9 Å². The van der Waals surface area contributed by atoms with Crippen LogP contribution in [0.25, 0.3) is 0 Å². The molecule has 0 radical (unpaired) electrons. The maximum atomic E-state index is 13.4. The van der Waals surface area contributed by atoms with Crippen molar-refractivity contribution in [2.45, 2.75) is 119 Å². The van der Waals surface area contributed by atoms with Gasteiger partial charge >= 0.3 is 5.97 Å². The number of hydrogen-bond acceptors (Lipinski definition) is 9. The molecule has 3 amide bonds. The van der Waals surface area contributed by atoms with Gasteiger partial charge in [0.15, 0.2) is 0 Å². The molecular weight excluding hydrogens is 589 g/mol. The first-order valence-electron chi connectivity index (χ1n) is 14.6. The normalized spacial score (nSPS) is 24.9. The molecular formula is C27H48N4O5S4. The minimum Gasteiger partial charge on any atom is -0.481 e. The Morgan fingerprint density at radius 1 is 0.825 bits per heavy atom. The summed E-state index contributed by atoms with van der Waals surface area (Å²) in [6.07, 6.45) is 9.57. The van der Waals surface area contributed by atoms with E-state index in [-0.39, 0.29) is 29.0 Å². The highest BCUT2D eigenvalue weighted by Gasteiger charge is 2.43. The Morgan fingerprint density at radius 3 is 2.05 bits per heavy atom. The first-order valence-corrected chi connectivity index (χ1v) is 18.2. The molecule has 1 aliphatic carbocycles. The second-order valence-corrected chi connectivity index (χ2v) is 14.5. The number of thiol groups is 2. The van der Waals surface area contributed by atoms with Crippen molar-refractivity contribution in [2.75, 3.05) is 18.1 Å². The molecule has 0 spiro atoms. The van der Waals surface area contributed by atoms with Gasteiger partial charge in [-0.25, -0.2) is 0 Å². The zero-order valence-corrected chi connectivity index (χ0v) is 26.8. The van der Waals surface area contributed by atoms with Crippen LogP contribution in [0.3, 0.4) is 0 Å². The van der Waals surface area contributed by atoms with E-state index in [1.54, 1.807) is 21.6 Å². The largest absolute Gasteiger partial charge is 0.481 e. The number of nitrogens with two attached hydrogens (primary N) is 1. The Morgan fingerprint density at radius 2 is 1.45 bits per heavy atom. The lowest BCUT2D eigenvalue weighted by Gasteiger charge is -2.42. The number of unbranched alkanes of at least 4 members (excludes halogenated alkanes) is 5. The third kappa shape index (κ3) is 13.5. The third-order valence-corrected chi connectivity index (χ3v) is 11.7.